The van der Waals surface area contributed by atoms with Crippen LogP contribution in [0.3, 0.4) is 0 Å². The number of hydrogen-bond donors (Lipinski definition) is 1. The van der Waals surface area contributed by atoms with E-state index in [1.54, 1.807) is 0 Å². The van der Waals surface area contributed by atoms with Crippen molar-refractivity contribution in [2.75, 3.05) is 13.2 Å². The highest BCUT2D eigenvalue weighted by Gasteiger charge is 2.11. The Labute approximate surface area is 157 Å². The Balaban J connectivity index is 1.74. The molecule has 1 unspecified atom stereocenters. The van der Waals surface area contributed by atoms with E-state index in [0.29, 0.717) is 17.5 Å². The zero-order valence-electron chi connectivity index (χ0n) is 16.4. The maximum atomic E-state index is 12.3. The van der Waals surface area contributed by atoms with Gasteiger partial charge in [-0.05, 0) is 48.4 Å². The molecule has 0 aliphatic carbocycles. The van der Waals surface area contributed by atoms with E-state index in [4.69, 9.17) is 4.74 Å². The number of benzene rings is 2. The van der Waals surface area contributed by atoms with Gasteiger partial charge in [-0.25, -0.2) is 0 Å². The van der Waals surface area contributed by atoms with Gasteiger partial charge in [0.15, 0.2) is 0 Å². The lowest BCUT2D eigenvalue weighted by Crippen LogP contribution is -2.27. The zero-order valence-corrected chi connectivity index (χ0v) is 16.4. The van der Waals surface area contributed by atoms with Gasteiger partial charge >= 0.3 is 0 Å². The summed E-state index contributed by atoms with van der Waals surface area (Å²) in [4.78, 5) is 12.3. The van der Waals surface area contributed by atoms with Gasteiger partial charge in [0.2, 0.25) is 0 Å². The largest absolute Gasteiger partial charge is 0.378 e. The minimum atomic E-state index is -0.0356. The monoisotopic (exact) mass is 353 g/mol. The SMILES string of the molecule is CC(CCNC(=O)c1ccc(-c2ccccc2)cc1)OCCC(C)(C)C. The molecule has 1 N–H and O–H groups in total. The van der Waals surface area contributed by atoms with E-state index in [-0.39, 0.29) is 12.0 Å². The highest BCUT2D eigenvalue weighted by molar-refractivity contribution is 5.94. The van der Waals surface area contributed by atoms with Gasteiger partial charge in [0, 0.05) is 18.7 Å². The molecule has 0 aromatic heterocycles. The van der Waals surface area contributed by atoms with Crippen LogP contribution < -0.4 is 5.32 Å². The first-order valence-corrected chi connectivity index (χ1v) is 9.40. The van der Waals surface area contributed by atoms with Crippen molar-refractivity contribution in [2.45, 2.75) is 46.6 Å². The van der Waals surface area contributed by atoms with Crippen LogP contribution in [-0.4, -0.2) is 25.2 Å². The molecule has 0 spiro atoms. The van der Waals surface area contributed by atoms with E-state index in [9.17, 15) is 4.79 Å². The minimum absolute atomic E-state index is 0.0356. The van der Waals surface area contributed by atoms with Gasteiger partial charge in [0.25, 0.3) is 5.91 Å². The molecule has 1 atom stereocenters. The first-order chi connectivity index (χ1) is 12.3. The molecule has 0 heterocycles. The topological polar surface area (TPSA) is 38.3 Å². The van der Waals surface area contributed by atoms with E-state index >= 15 is 0 Å². The molecule has 0 bridgehead atoms. The van der Waals surface area contributed by atoms with Crippen LogP contribution in [0.5, 0.6) is 0 Å². The fourth-order valence-corrected chi connectivity index (χ4v) is 2.59. The van der Waals surface area contributed by atoms with Gasteiger partial charge in [-0.1, -0.05) is 63.2 Å². The van der Waals surface area contributed by atoms with Gasteiger partial charge in [0.05, 0.1) is 6.10 Å². The Morgan fingerprint density at radius 1 is 1.00 bits per heavy atom. The van der Waals surface area contributed by atoms with E-state index < -0.39 is 0 Å². The molecule has 1 amide bonds. The maximum Gasteiger partial charge on any atom is 0.251 e. The van der Waals surface area contributed by atoms with Crippen molar-refractivity contribution in [1.29, 1.82) is 0 Å². The number of nitrogens with one attached hydrogen (secondary N) is 1. The van der Waals surface area contributed by atoms with Gasteiger partial charge in [-0.3, -0.25) is 4.79 Å². The van der Waals surface area contributed by atoms with E-state index in [1.807, 2.05) is 42.5 Å². The minimum Gasteiger partial charge on any atom is -0.378 e. The number of hydrogen-bond acceptors (Lipinski definition) is 2. The molecular formula is C23H31NO2. The van der Waals surface area contributed by atoms with E-state index in [1.165, 1.54) is 0 Å². The number of carbonyl (C=O) groups is 1. The van der Waals surface area contributed by atoms with Crippen molar-refractivity contribution in [1.82, 2.24) is 5.32 Å². The fraction of sp³-hybridized carbons (Fsp3) is 0.435. The van der Waals surface area contributed by atoms with Crippen LogP contribution in [0.25, 0.3) is 11.1 Å². The molecule has 0 radical (unpaired) electrons. The Morgan fingerprint density at radius 3 is 2.23 bits per heavy atom. The molecule has 2 aromatic carbocycles. The van der Waals surface area contributed by atoms with Crippen LogP contribution in [-0.2, 0) is 4.74 Å². The average molecular weight is 354 g/mol. The Morgan fingerprint density at radius 2 is 1.62 bits per heavy atom. The predicted molar refractivity (Wildman–Crippen MR) is 108 cm³/mol. The van der Waals surface area contributed by atoms with Gasteiger partial charge in [0.1, 0.15) is 0 Å². The summed E-state index contributed by atoms with van der Waals surface area (Å²) in [7, 11) is 0. The lowest BCUT2D eigenvalue weighted by molar-refractivity contribution is 0.0441. The van der Waals surface area contributed by atoms with Crippen molar-refractivity contribution < 1.29 is 9.53 Å². The lowest BCUT2D eigenvalue weighted by atomic mass is 9.93. The van der Waals surface area contributed by atoms with Gasteiger partial charge in [-0.15, -0.1) is 0 Å². The van der Waals surface area contributed by atoms with Crippen molar-refractivity contribution in [3.63, 3.8) is 0 Å². The summed E-state index contributed by atoms with van der Waals surface area (Å²) >= 11 is 0. The highest BCUT2D eigenvalue weighted by Crippen LogP contribution is 2.20. The van der Waals surface area contributed by atoms with Crippen LogP contribution in [0.15, 0.2) is 54.6 Å². The standard InChI is InChI=1S/C23H31NO2/c1-18(26-17-15-23(2,3)4)14-16-24-22(25)21-12-10-20(11-13-21)19-8-6-5-7-9-19/h5-13,18H,14-17H2,1-4H3,(H,24,25). The fourth-order valence-electron chi connectivity index (χ4n) is 2.59. The number of carbonyl (C=O) groups excluding carboxylic acids is 1. The number of rotatable bonds is 8. The summed E-state index contributed by atoms with van der Waals surface area (Å²) in [6, 6.07) is 17.9. The van der Waals surface area contributed by atoms with Crippen molar-refractivity contribution in [3.8, 4) is 11.1 Å². The van der Waals surface area contributed by atoms with Crippen LogP contribution in [0.1, 0.15) is 50.9 Å². The molecule has 140 valence electrons. The second-order valence-electron chi connectivity index (χ2n) is 7.98. The molecule has 0 saturated carbocycles. The molecule has 0 fully saturated rings. The molecule has 0 aliphatic rings. The quantitative estimate of drug-likeness (QED) is 0.698. The summed E-state index contributed by atoms with van der Waals surface area (Å²) in [5.41, 5.74) is 3.24. The predicted octanol–water partition coefficient (Wildman–Crippen LogP) is 5.31. The Bertz CT molecular complexity index is 672. The van der Waals surface area contributed by atoms with Gasteiger partial charge < -0.3 is 10.1 Å². The second kappa shape index (κ2) is 9.54. The molecule has 2 aromatic rings. The Kier molecular flexibility index (Phi) is 7.40. The molecule has 3 nitrogen and oxygen atoms in total. The molecule has 3 heteroatoms. The Hall–Kier alpha value is -2.13. The third kappa shape index (κ3) is 7.01. The van der Waals surface area contributed by atoms with Crippen molar-refractivity contribution >= 4 is 5.91 Å². The summed E-state index contributed by atoms with van der Waals surface area (Å²) in [6.45, 7) is 10.1. The summed E-state index contributed by atoms with van der Waals surface area (Å²) < 4.78 is 5.82. The lowest BCUT2D eigenvalue weighted by Gasteiger charge is -2.20. The van der Waals surface area contributed by atoms with Gasteiger partial charge in [-0.2, -0.15) is 0 Å². The zero-order chi connectivity index (χ0) is 19.0. The van der Waals surface area contributed by atoms with Crippen molar-refractivity contribution in [3.05, 3.63) is 60.2 Å². The number of ether oxygens (including phenoxy) is 1. The highest BCUT2D eigenvalue weighted by atomic mass is 16.5. The van der Waals surface area contributed by atoms with Crippen molar-refractivity contribution in [2.24, 2.45) is 5.41 Å². The summed E-state index contributed by atoms with van der Waals surface area (Å²) in [5, 5.41) is 2.98. The van der Waals surface area contributed by atoms with Crippen LogP contribution in [0.4, 0.5) is 0 Å². The summed E-state index contributed by atoms with van der Waals surface area (Å²) in [6.07, 6.45) is 2.01. The first-order valence-electron chi connectivity index (χ1n) is 9.40. The molecule has 0 aliphatic heterocycles. The van der Waals surface area contributed by atoms with E-state index in [2.05, 4.69) is 45.1 Å². The third-order valence-corrected chi connectivity index (χ3v) is 4.35. The summed E-state index contributed by atoms with van der Waals surface area (Å²) in [5.74, 6) is -0.0356. The molecule has 2 rings (SSSR count). The van der Waals surface area contributed by atoms with Crippen LogP contribution in [0, 0.1) is 5.41 Å². The molecular weight excluding hydrogens is 322 g/mol. The van der Waals surface area contributed by atoms with Crippen LogP contribution in [0.2, 0.25) is 0 Å². The van der Waals surface area contributed by atoms with E-state index in [0.717, 1.165) is 30.6 Å². The molecule has 0 saturated heterocycles. The van der Waals surface area contributed by atoms with Crippen LogP contribution >= 0.6 is 0 Å². The number of amides is 1. The third-order valence-electron chi connectivity index (χ3n) is 4.35. The first kappa shape index (κ1) is 20.2. The molecule has 26 heavy (non-hydrogen) atoms. The smallest absolute Gasteiger partial charge is 0.251 e. The second-order valence-corrected chi connectivity index (χ2v) is 7.98. The maximum absolute atomic E-state index is 12.3. The average Bonchev–Trinajstić information content (AvgIpc) is 2.61. The normalized spacial score (nSPS) is 12.6.